The third-order valence-electron chi connectivity index (χ3n) is 2.57. The van der Waals surface area contributed by atoms with E-state index < -0.39 is 5.41 Å². The molecule has 1 amide bonds. The molecule has 1 aromatic carbocycles. The maximum atomic E-state index is 11.9. The largest absolute Gasteiger partial charge is 0.409 e. The van der Waals surface area contributed by atoms with Crippen molar-refractivity contribution in [2.24, 2.45) is 16.3 Å². The number of benzene rings is 1. The van der Waals surface area contributed by atoms with E-state index in [-0.39, 0.29) is 11.7 Å². The first kappa shape index (κ1) is 14.0. The van der Waals surface area contributed by atoms with Crippen LogP contribution in [0.2, 0.25) is 0 Å². The number of nitrogens with two attached hydrogens (primary N) is 1. The summed E-state index contributed by atoms with van der Waals surface area (Å²) in [5, 5.41) is 14.4. The molecule has 0 saturated carbocycles. The van der Waals surface area contributed by atoms with E-state index in [1.807, 2.05) is 33.8 Å². The average molecular weight is 249 g/mol. The fourth-order valence-electron chi connectivity index (χ4n) is 1.28. The molecule has 1 aromatic rings. The Morgan fingerprint density at radius 1 is 1.39 bits per heavy atom. The Bertz CT molecular complexity index is 487. The fourth-order valence-corrected chi connectivity index (χ4v) is 1.28. The maximum absolute atomic E-state index is 11.9. The lowest BCUT2D eigenvalue weighted by Gasteiger charge is -2.19. The topological polar surface area (TPSA) is 87.7 Å². The molecule has 0 unspecified atom stereocenters. The highest BCUT2D eigenvalue weighted by atomic mass is 16.4. The number of rotatable bonds is 2. The van der Waals surface area contributed by atoms with Gasteiger partial charge < -0.3 is 16.3 Å². The maximum Gasteiger partial charge on any atom is 0.229 e. The number of carbonyl (C=O) groups is 1. The van der Waals surface area contributed by atoms with E-state index in [9.17, 15) is 4.79 Å². The Hall–Kier alpha value is -2.04. The number of anilines is 1. The highest BCUT2D eigenvalue weighted by molar-refractivity contribution is 6.00. The van der Waals surface area contributed by atoms with Crippen LogP contribution in [0.3, 0.4) is 0 Å². The van der Waals surface area contributed by atoms with E-state index in [4.69, 9.17) is 10.9 Å². The average Bonchev–Trinajstić information content (AvgIpc) is 2.29. The predicted octanol–water partition coefficient (Wildman–Crippen LogP) is 2.07. The van der Waals surface area contributed by atoms with Crippen molar-refractivity contribution in [3.63, 3.8) is 0 Å². The van der Waals surface area contributed by atoms with Crippen LogP contribution in [0, 0.1) is 12.3 Å². The van der Waals surface area contributed by atoms with Crippen molar-refractivity contribution < 1.29 is 10.0 Å². The van der Waals surface area contributed by atoms with Crippen LogP contribution in [0.25, 0.3) is 0 Å². The van der Waals surface area contributed by atoms with Crippen LogP contribution >= 0.6 is 0 Å². The minimum atomic E-state index is -0.473. The zero-order valence-electron chi connectivity index (χ0n) is 11.1. The standard InChI is InChI=1S/C13H19N3O2/c1-8-5-6-9(11(14)16-18)7-10(8)15-12(17)13(2,3)4/h5-7,18H,1-4H3,(H2,14,16)(H,15,17). The third-order valence-corrected chi connectivity index (χ3v) is 2.57. The lowest BCUT2D eigenvalue weighted by atomic mass is 9.95. The van der Waals surface area contributed by atoms with Crippen LogP contribution in [0.1, 0.15) is 31.9 Å². The Morgan fingerprint density at radius 3 is 2.50 bits per heavy atom. The van der Waals surface area contributed by atoms with Crippen molar-refractivity contribution in [1.82, 2.24) is 0 Å². The zero-order valence-corrected chi connectivity index (χ0v) is 11.1. The summed E-state index contributed by atoms with van der Waals surface area (Å²) in [6, 6.07) is 5.23. The molecule has 0 saturated heterocycles. The van der Waals surface area contributed by atoms with Crippen LogP contribution in [-0.4, -0.2) is 17.0 Å². The van der Waals surface area contributed by atoms with Gasteiger partial charge in [-0.25, -0.2) is 0 Å². The lowest BCUT2D eigenvalue weighted by molar-refractivity contribution is -0.123. The van der Waals surface area contributed by atoms with Crippen LogP contribution in [0.4, 0.5) is 5.69 Å². The summed E-state index contributed by atoms with van der Waals surface area (Å²) >= 11 is 0. The molecule has 4 N–H and O–H groups in total. The first-order chi connectivity index (χ1) is 8.25. The summed E-state index contributed by atoms with van der Waals surface area (Å²) in [6.45, 7) is 7.40. The minimum Gasteiger partial charge on any atom is -0.409 e. The van der Waals surface area contributed by atoms with Gasteiger partial charge in [0.1, 0.15) is 0 Å². The monoisotopic (exact) mass is 249 g/mol. The molecule has 0 fully saturated rings. The highest BCUT2D eigenvalue weighted by Gasteiger charge is 2.21. The van der Waals surface area contributed by atoms with Crippen LogP contribution in [0.5, 0.6) is 0 Å². The van der Waals surface area contributed by atoms with Crippen molar-refractivity contribution >= 4 is 17.4 Å². The minimum absolute atomic E-state index is 0.0151. The number of hydrogen-bond acceptors (Lipinski definition) is 3. The van der Waals surface area contributed by atoms with Crippen LogP contribution in [-0.2, 0) is 4.79 Å². The summed E-state index contributed by atoms with van der Waals surface area (Å²) in [6.07, 6.45) is 0. The molecule has 5 nitrogen and oxygen atoms in total. The molecule has 0 spiro atoms. The normalized spacial score (nSPS) is 12.3. The van der Waals surface area contributed by atoms with Gasteiger partial charge in [0.05, 0.1) is 0 Å². The molecule has 0 aliphatic rings. The Morgan fingerprint density at radius 2 is 2.00 bits per heavy atom. The van der Waals surface area contributed by atoms with E-state index in [2.05, 4.69) is 10.5 Å². The Kier molecular flexibility index (Phi) is 3.96. The van der Waals surface area contributed by atoms with E-state index in [0.717, 1.165) is 5.56 Å². The summed E-state index contributed by atoms with van der Waals surface area (Å²) in [4.78, 5) is 11.9. The molecule has 0 aliphatic carbocycles. The first-order valence-electron chi connectivity index (χ1n) is 5.65. The van der Waals surface area contributed by atoms with Crippen molar-refractivity contribution in [2.45, 2.75) is 27.7 Å². The molecule has 0 radical (unpaired) electrons. The smallest absolute Gasteiger partial charge is 0.229 e. The number of nitrogens with zero attached hydrogens (tertiary/aromatic N) is 1. The van der Waals surface area contributed by atoms with Gasteiger partial charge in [-0.3, -0.25) is 4.79 Å². The highest BCUT2D eigenvalue weighted by Crippen LogP contribution is 2.21. The summed E-state index contributed by atoms with van der Waals surface area (Å²) < 4.78 is 0. The SMILES string of the molecule is Cc1ccc(C(N)=NO)cc1NC(=O)C(C)(C)C. The molecule has 0 heterocycles. The van der Waals surface area contributed by atoms with Crippen molar-refractivity contribution in [3.05, 3.63) is 29.3 Å². The molecule has 0 aromatic heterocycles. The van der Waals surface area contributed by atoms with Gasteiger partial charge in [0.15, 0.2) is 5.84 Å². The van der Waals surface area contributed by atoms with Gasteiger partial charge in [-0.15, -0.1) is 0 Å². The number of amides is 1. The molecule has 98 valence electrons. The zero-order chi connectivity index (χ0) is 13.9. The van der Waals surface area contributed by atoms with Gasteiger partial charge in [-0.05, 0) is 18.6 Å². The summed E-state index contributed by atoms with van der Waals surface area (Å²) in [5.74, 6) is -0.0662. The number of nitrogens with one attached hydrogen (secondary N) is 1. The van der Waals surface area contributed by atoms with E-state index >= 15 is 0 Å². The van der Waals surface area contributed by atoms with E-state index in [0.29, 0.717) is 11.3 Å². The van der Waals surface area contributed by atoms with E-state index in [1.54, 1.807) is 12.1 Å². The quantitative estimate of drug-likeness (QED) is 0.324. The number of aryl methyl sites for hydroxylation is 1. The first-order valence-corrected chi connectivity index (χ1v) is 5.65. The van der Waals surface area contributed by atoms with Crippen LogP contribution < -0.4 is 11.1 Å². The Balaban J connectivity index is 3.06. The molecule has 18 heavy (non-hydrogen) atoms. The van der Waals surface area contributed by atoms with Gasteiger partial charge in [-0.1, -0.05) is 38.1 Å². The van der Waals surface area contributed by atoms with Gasteiger partial charge in [0.25, 0.3) is 0 Å². The molecule has 1 rings (SSSR count). The number of amidine groups is 1. The third kappa shape index (κ3) is 3.23. The number of carbonyl (C=O) groups excluding carboxylic acids is 1. The van der Waals surface area contributed by atoms with Gasteiger partial charge >= 0.3 is 0 Å². The molecule has 0 atom stereocenters. The molecule has 0 bridgehead atoms. The van der Waals surface area contributed by atoms with Crippen molar-refractivity contribution in [3.8, 4) is 0 Å². The second-order valence-electron chi connectivity index (χ2n) is 5.22. The number of hydrogen-bond donors (Lipinski definition) is 3. The lowest BCUT2D eigenvalue weighted by Crippen LogP contribution is -2.28. The molecule has 5 heteroatoms. The van der Waals surface area contributed by atoms with Crippen LogP contribution in [0.15, 0.2) is 23.4 Å². The molecule has 0 aliphatic heterocycles. The van der Waals surface area contributed by atoms with Gasteiger partial charge in [0, 0.05) is 16.7 Å². The van der Waals surface area contributed by atoms with Gasteiger partial charge in [0.2, 0.25) is 5.91 Å². The molecular formula is C13H19N3O2. The molecular weight excluding hydrogens is 230 g/mol. The number of oxime groups is 1. The van der Waals surface area contributed by atoms with Crippen molar-refractivity contribution in [2.75, 3.05) is 5.32 Å². The predicted molar refractivity (Wildman–Crippen MR) is 71.8 cm³/mol. The Labute approximate surface area is 107 Å². The van der Waals surface area contributed by atoms with Gasteiger partial charge in [-0.2, -0.15) is 0 Å². The summed E-state index contributed by atoms with van der Waals surface area (Å²) in [5.41, 5.74) is 7.19. The second kappa shape index (κ2) is 5.08. The van der Waals surface area contributed by atoms with Crippen molar-refractivity contribution in [1.29, 1.82) is 0 Å². The van der Waals surface area contributed by atoms with E-state index in [1.165, 1.54) is 0 Å². The fraction of sp³-hybridized carbons (Fsp3) is 0.385. The summed E-state index contributed by atoms with van der Waals surface area (Å²) in [7, 11) is 0. The second-order valence-corrected chi connectivity index (χ2v) is 5.22.